The Kier molecular flexibility index (Phi) is 9.05. The lowest BCUT2D eigenvalue weighted by molar-refractivity contribution is -0.274. The number of para-hydroxylation sites is 1. The molecule has 37 heavy (non-hydrogen) atoms. The minimum Gasteiger partial charge on any atom is -0.405 e. The van der Waals surface area contributed by atoms with Crippen LogP contribution in [0.2, 0.25) is 0 Å². The number of alkyl halides is 3. The third-order valence-electron chi connectivity index (χ3n) is 7.19. The van der Waals surface area contributed by atoms with E-state index in [9.17, 15) is 18.4 Å². The van der Waals surface area contributed by atoms with Gasteiger partial charge < -0.3 is 26.4 Å². The summed E-state index contributed by atoms with van der Waals surface area (Å²) < 4.78 is 42.2. The molecule has 5 N–H and O–H groups in total. The van der Waals surface area contributed by atoms with Crippen LogP contribution in [0, 0.1) is 17.2 Å². The van der Waals surface area contributed by atoms with Gasteiger partial charge in [-0.15, -0.1) is 13.2 Å². The highest BCUT2D eigenvalue weighted by Gasteiger charge is 2.32. The molecule has 2 aliphatic carbocycles. The van der Waals surface area contributed by atoms with Crippen LogP contribution in [-0.2, 0) is 6.54 Å². The molecule has 0 spiro atoms. The van der Waals surface area contributed by atoms with E-state index in [2.05, 4.69) is 36.7 Å². The third kappa shape index (κ3) is 8.20. The summed E-state index contributed by atoms with van der Waals surface area (Å²) in [7, 11) is 0. The predicted molar refractivity (Wildman–Crippen MR) is 135 cm³/mol. The fourth-order valence-corrected chi connectivity index (χ4v) is 5.13. The Hall–Kier alpha value is -3.10. The molecule has 1 heterocycles. The second-order valence-electron chi connectivity index (χ2n) is 9.95. The first-order valence-electron chi connectivity index (χ1n) is 12.9. The molecule has 0 amide bonds. The summed E-state index contributed by atoms with van der Waals surface area (Å²) in [5.41, 5.74) is 6.64. The first-order valence-corrected chi connectivity index (χ1v) is 12.9. The maximum atomic E-state index is 12.7. The van der Waals surface area contributed by atoms with E-state index in [1.165, 1.54) is 24.4 Å². The van der Waals surface area contributed by atoms with Crippen LogP contribution in [0.1, 0.15) is 62.5 Å². The molecule has 11 heteroatoms. The molecule has 200 valence electrons. The average Bonchev–Trinajstić information content (AvgIpc) is 2.88. The van der Waals surface area contributed by atoms with Gasteiger partial charge in [-0.25, -0.2) is 4.98 Å². The summed E-state index contributed by atoms with van der Waals surface area (Å²) >= 11 is 0. The van der Waals surface area contributed by atoms with Crippen LogP contribution in [0.25, 0.3) is 0 Å². The van der Waals surface area contributed by atoms with E-state index in [1.54, 1.807) is 6.07 Å². The van der Waals surface area contributed by atoms with E-state index in [1.807, 2.05) is 0 Å². The van der Waals surface area contributed by atoms with Crippen molar-refractivity contribution in [1.82, 2.24) is 15.3 Å². The second kappa shape index (κ2) is 12.4. The van der Waals surface area contributed by atoms with Gasteiger partial charge in [0, 0.05) is 36.8 Å². The molecule has 2 aromatic rings. The Morgan fingerprint density at radius 2 is 1.68 bits per heavy atom. The van der Waals surface area contributed by atoms with Crippen molar-refractivity contribution in [2.45, 2.75) is 82.4 Å². The van der Waals surface area contributed by atoms with Crippen LogP contribution >= 0.6 is 0 Å². The number of aromatic nitrogens is 2. The number of anilines is 2. The molecule has 0 atom stereocenters. The molecular formula is C26H34F3N7O. The lowest BCUT2D eigenvalue weighted by Crippen LogP contribution is -2.44. The minimum atomic E-state index is -4.78. The zero-order valence-corrected chi connectivity index (χ0v) is 20.7. The van der Waals surface area contributed by atoms with Crippen molar-refractivity contribution < 1.29 is 17.9 Å². The van der Waals surface area contributed by atoms with E-state index in [0.29, 0.717) is 47.5 Å². The Morgan fingerprint density at radius 3 is 2.35 bits per heavy atom. The quantitative estimate of drug-likeness (QED) is 0.378. The number of nitrogens with two attached hydrogens (primary N) is 1. The first kappa shape index (κ1) is 26.9. The van der Waals surface area contributed by atoms with Crippen LogP contribution in [0.4, 0.5) is 24.9 Å². The van der Waals surface area contributed by atoms with Crippen molar-refractivity contribution >= 4 is 11.8 Å². The van der Waals surface area contributed by atoms with Gasteiger partial charge in [-0.05, 0) is 63.4 Å². The van der Waals surface area contributed by atoms with Gasteiger partial charge in [-0.2, -0.15) is 10.2 Å². The molecule has 2 fully saturated rings. The largest absolute Gasteiger partial charge is 0.573 e. The molecule has 2 saturated carbocycles. The van der Waals surface area contributed by atoms with Gasteiger partial charge in [0.05, 0.1) is 6.20 Å². The zero-order valence-electron chi connectivity index (χ0n) is 20.7. The Balaban J connectivity index is 1.28. The van der Waals surface area contributed by atoms with Gasteiger partial charge in [0.2, 0.25) is 5.95 Å². The summed E-state index contributed by atoms with van der Waals surface area (Å²) in [6.45, 7) is 0.722. The SMILES string of the molecule is N#Cc1cnc(NCc2ccccc2OC(F)(F)F)nc1NCC1CCC(NC2CCC(N)CC2)CC1. The van der Waals surface area contributed by atoms with Crippen molar-refractivity contribution in [3.05, 3.63) is 41.6 Å². The number of nitrogens with one attached hydrogen (secondary N) is 3. The zero-order chi connectivity index (χ0) is 26.3. The summed E-state index contributed by atoms with van der Waals surface area (Å²) in [5, 5.41) is 19.5. The lowest BCUT2D eigenvalue weighted by atomic mass is 9.84. The van der Waals surface area contributed by atoms with Gasteiger partial charge >= 0.3 is 6.36 Å². The minimum absolute atomic E-state index is 0.0293. The molecule has 8 nitrogen and oxygen atoms in total. The maximum absolute atomic E-state index is 12.7. The van der Waals surface area contributed by atoms with E-state index in [4.69, 9.17) is 5.73 Å². The second-order valence-corrected chi connectivity index (χ2v) is 9.95. The monoisotopic (exact) mass is 517 g/mol. The summed E-state index contributed by atoms with van der Waals surface area (Å²) in [6.07, 6.45) is 5.56. The van der Waals surface area contributed by atoms with E-state index in [0.717, 1.165) is 51.4 Å². The fourth-order valence-electron chi connectivity index (χ4n) is 5.13. The number of nitriles is 1. The predicted octanol–water partition coefficient (Wildman–Crippen LogP) is 4.69. The maximum Gasteiger partial charge on any atom is 0.573 e. The Morgan fingerprint density at radius 1 is 1.00 bits per heavy atom. The van der Waals surface area contributed by atoms with Gasteiger partial charge in [0.15, 0.2) is 0 Å². The molecule has 4 rings (SSSR count). The van der Waals surface area contributed by atoms with Gasteiger partial charge in [-0.3, -0.25) is 0 Å². The molecular weight excluding hydrogens is 483 g/mol. The molecule has 1 aromatic heterocycles. The van der Waals surface area contributed by atoms with E-state index in [-0.39, 0.29) is 18.2 Å². The number of halogens is 3. The number of rotatable bonds is 9. The fraction of sp³-hybridized carbons (Fsp3) is 0.577. The standard InChI is InChI=1S/C26H34F3N7O/c27-26(28,29)37-23-4-2-1-3-18(23)15-33-25-34-16-19(13-30)24(36-25)32-14-17-5-9-21(10-6-17)35-22-11-7-20(31)8-12-22/h1-4,16-17,20-22,35H,5-12,14-15,31H2,(H2,32,33,34,36). The highest BCUT2D eigenvalue weighted by atomic mass is 19.4. The van der Waals surface area contributed by atoms with Crippen LogP contribution in [0.15, 0.2) is 30.5 Å². The number of nitrogens with zero attached hydrogens (tertiary/aromatic N) is 3. The molecule has 0 unspecified atom stereocenters. The Labute approximate surface area is 215 Å². The smallest absolute Gasteiger partial charge is 0.405 e. The average molecular weight is 518 g/mol. The third-order valence-corrected chi connectivity index (χ3v) is 7.19. The summed E-state index contributed by atoms with van der Waals surface area (Å²) in [6, 6.07) is 9.47. The van der Waals surface area contributed by atoms with Crippen molar-refractivity contribution in [1.29, 1.82) is 5.26 Å². The normalized spacial score (nSPS) is 24.2. The number of ether oxygens (including phenoxy) is 1. The van der Waals surface area contributed by atoms with Crippen molar-refractivity contribution in [3.63, 3.8) is 0 Å². The number of hydrogen-bond acceptors (Lipinski definition) is 8. The van der Waals surface area contributed by atoms with Gasteiger partial charge in [-0.1, -0.05) is 18.2 Å². The van der Waals surface area contributed by atoms with E-state index < -0.39 is 6.36 Å². The number of benzene rings is 1. The van der Waals surface area contributed by atoms with Crippen LogP contribution in [-0.4, -0.2) is 41.0 Å². The Bertz CT molecular complexity index is 1060. The van der Waals surface area contributed by atoms with Gasteiger partial charge in [0.25, 0.3) is 0 Å². The summed E-state index contributed by atoms with van der Waals surface area (Å²) in [4.78, 5) is 8.53. The molecule has 0 bridgehead atoms. The first-order chi connectivity index (χ1) is 17.8. The summed E-state index contributed by atoms with van der Waals surface area (Å²) in [5.74, 6) is 0.816. The topological polar surface area (TPSA) is 121 Å². The highest BCUT2D eigenvalue weighted by Crippen LogP contribution is 2.28. The van der Waals surface area contributed by atoms with Crippen LogP contribution in [0.3, 0.4) is 0 Å². The van der Waals surface area contributed by atoms with Crippen molar-refractivity contribution in [2.75, 3.05) is 17.2 Å². The van der Waals surface area contributed by atoms with Gasteiger partial charge in [0.1, 0.15) is 23.2 Å². The highest BCUT2D eigenvalue weighted by molar-refractivity contribution is 5.53. The molecule has 0 aliphatic heterocycles. The molecule has 2 aliphatic rings. The lowest BCUT2D eigenvalue weighted by Gasteiger charge is -2.34. The molecule has 1 aromatic carbocycles. The van der Waals surface area contributed by atoms with Crippen LogP contribution in [0.5, 0.6) is 5.75 Å². The molecule has 0 radical (unpaired) electrons. The van der Waals surface area contributed by atoms with E-state index >= 15 is 0 Å². The van der Waals surface area contributed by atoms with Crippen LogP contribution < -0.4 is 26.4 Å². The molecule has 0 saturated heterocycles. The van der Waals surface area contributed by atoms with Crippen molar-refractivity contribution in [3.8, 4) is 11.8 Å². The number of hydrogen-bond donors (Lipinski definition) is 4. The van der Waals surface area contributed by atoms with Crippen molar-refractivity contribution in [2.24, 2.45) is 11.7 Å².